The molecule has 0 aromatic heterocycles. The van der Waals surface area contributed by atoms with E-state index in [0.29, 0.717) is 5.92 Å². The lowest BCUT2D eigenvalue weighted by molar-refractivity contribution is 0.660. The smallest absolute Gasteiger partial charge is 0.0238 e. The van der Waals surface area contributed by atoms with Gasteiger partial charge in [0.25, 0.3) is 0 Å². The van der Waals surface area contributed by atoms with Gasteiger partial charge < -0.3 is 0 Å². The predicted octanol–water partition coefficient (Wildman–Crippen LogP) is 25.1. The Balaban J connectivity index is 0.911. The van der Waals surface area contributed by atoms with Crippen LogP contribution in [0.15, 0.2) is 224 Å². The second kappa shape index (κ2) is 17.8. The highest BCUT2D eigenvalue weighted by Gasteiger charge is 2.43. The Bertz CT molecular complexity index is 5660. The molecule has 0 heteroatoms. The molecule has 0 N–H and O–H groups in total. The lowest BCUT2D eigenvalue weighted by Gasteiger charge is -2.25. The maximum absolute atomic E-state index is 3.59. The lowest BCUT2D eigenvalue weighted by Crippen LogP contribution is -2.15. The SMILES string of the molecule is CC(C)c1ccc2c(-c3ccc4c(c3)C(C)(C)c3c#cccc3-4)c3c(c(-c4ccc5c(c4)C(C)(C)c4ccccc4-5)c2c1)-c1ccc2c4c(ccc-3c14)-c1c-2c(-c2ccc3c(c2)C(C)(C)c2ccccc2-3)c2ccccc2c1-c1ccc2c(c1)C(C)(C)c1ccccc1-2. The number of hydrogen-bond donors (Lipinski definition) is 0. The van der Waals surface area contributed by atoms with Crippen LogP contribution in [0, 0.1) is 12.1 Å². The average molecular weight is 1190 g/mol. The quantitative estimate of drug-likeness (QED) is 0.161. The first kappa shape index (κ1) is 53.4. The highest BCUT2D eigenvalue weighted by molar-refractivity contribution is 6.35. The maximum Gasteiger partial charge on any atom is 0.0238 e. The molecule has 6 aliphatic rings. The Kier molecular flexibility index (Phi) is 10.2. The van der Waals surface area contributed by atoms with E-state index in [2.05, 4.69) is 300 Å². The standard InChI is InChI=1S/C93H68/c1-50(2)51-31-40-66-71(45-51)83(55-35-39-63-59-24-16-20-30-75(59)93(9,10)79(63)49-55)89-70-44-43-68-84-67(41-42-69(85(70)84)88(89)82(66)54-34-38-62-58-23-15-19-29-74(58)92(7,8)78(62)48-54)86-80(52-32-36-60-56-21-13-17-27-72(56)90(3,4)76(60)46-52)64-25-11-12-26-65(64)81(87(68)86)53-33-37-61-57-22-14-18-28-73(57)91(5,6)77(61)47-53/h11-18,20-28,30-50H,1-10H3. The summed E-state index contributed by atoms with van der Waals surface area (Å²) in [4.78, 5) is 0. The van der Waals surface area contributed by atoms with Crippen molar-refractivity contribution in [1.82, 2.24) is 0 Å². The zero-order valence-electron chi connectivity index (χ0n) is 54.4. The Morgan fingerprint density at radius 1 is 0.258 bits per heavy atom. The molecule has 0 nitrogen and oxygen atoms in total. The number of fused-ring (bicyclic) bond motifs is 20. The molecule has 20 rings (SSSR count). The number of benzene rings is 13. The summed E-state index contributed by atoms with van der Waals surface area (Å²) < 4.78 is 0. The largest absolute Gasteiger partial charge is 0.0699 e. The minimum Gasteiger partial charge on any atom is -0.0699 e. The van der Waals surface area contributed by atoms with Crippen LogP contribution in [-0.4, -0.2) is 0 Å². The zero-order chi connectivity index (χ0) is 62.7. The maximum atomic E-state index is 3.59. The molecular weight excluding hydrogens is 1120 g/mol. The van der Waals surface area contributed by atoms with Crippen molar-refractivity contribution in [2.24, 2.45) is 0 Å². The highest BCUT2D eigenvalue weighted by atomic mass is 14.5. The van der Waals surface area contributed by atoms with E-state index in [-0.39, 0.29) is 21.7 Å². The van der Waals surface area contributed by atoms with E-state index in [0.717, 1.165) is 0 Å². The molecule has 0 atom stereocenters. The van der Waals surface area contributed by atoms with E-state index in [1.165, 1.54) is 216 Å². The van der Waals surface area contributed by atoms with E-state index in [9.17, 15) is 0 Å². The summed E-state index contributed by atoms with van der Waals surface area (Å²) in [5, 5.41) is 7.85. The third-order valence-electron chi connectivity index (χ3n) is 23.8. The summed E-state index contributed by atoms with van der Waals surface area (Å²) in [6.45, 7) is 24.0. The van der Waals surface area contributed by atoms with E-state index in [1.54, 1.807) is 0 Å². The molecule has 14 aromatic rings. The van der Waals surface area contributed by atoms with Crippen LogP contribution in [0.5, 0.6) is 0 Å². The van der Waals surface area contributed by atoms with Crippen LogP contribution in [0.2, 0.25) is 0 Å². The summed E-state index contributed by atoms with van der Waals surface area (Å²) in [6.07, 6.45) is 0. The van der Waals surface area contributed by atoms with E-state index < -0.39 is 0 Å². The fourth-order valence-electron chi connectivity index (χ4n) is 19.2. The molecule has 14 aromatic carbocycles. The molecule has 93 heavy (non-hydrogen) atoms. The molecule has 0 bridgehead atoms. The first-order chi connectivity index (χ1) is 45.0. The van der Waals surface area contributed by atoms with Gasteiger partial charge in [-0.2, -0.15) is 0 Å². The molecule has 0 radical (unpaired) electrons. The van der Waals surface area contributed by atoms with Crippen molar-refractivity contribution >= 4 is 32.3 Å². The van der Waals surface area contributed by atoms with Gasteiger partial charge in [-0.25, -0.2) is 0 Å². The van der Waals surface area contributed by atoms with Crippen LogP contribution in [0.3, 0.4) is 0 Å². The minimum absolute atomic E-state index is 0.171. The molecule has 0 unspecified atom stereocenters. The Hall–Kier alpha value is -10.3. The number of hydrogen-bond acceptors (Lipinski definition) is 0. The monoisotopic (exact) mass is 1180 g/mol. The van der Waals surface area contributed by atoms with Crippen molar-refractivity contribution in [3.8, 4) is 134 Å². The van der Waals surface area contributed by atoms with Crippen LogP contribution in [-0.2, 0) is 21.7 Å². The predicted molar refractivity (Wildman–Crippen MR) is 392 cm³/mol. The summed E-state index contributed by atoms with van der Waals surface area (Å²) in [6, 6.07) is 95.3. The van der Waals surface area contributed by atoms with Crippen LogP contribution >= 0.6 is 0 Å². The third-order valence-corrected chi connectivity index (χ3v) is 23.8. The molecule has 0 aliphatic heterocycles. The third kappa shape index (κ3) is 6.63. The van der Waals surface area contributed by atoms with E-state index in [4.69, 9.17) is 0 Å². The normalized spacial score (nSPS) is 15.6. The van der Waals surface area contributed by atoms with Crippen LogP contribution in [0.4, 0.5) is 0 Å². The van der Waals surface area contributed by atoms with Crippen molar-refractivity contribution in [1.29, 1.82) is 0 Å². The number of rotatable bonds is 5. The lowest BCUT2D eigenvalue weighted by atomic mass is 9.77. The van der Waals surface area contributed by atoms with E-state index in [1.807, 2.05) is 6.07 Å². The van der Waals surface area contributed by atoms with Crippen molar-refractivity contribution in [3.63, 3.8) is 0 Å². The van der Waals surface area contributed by atoms with Gasteiger partial charge >= 0.3 is 0 Å². The van der Waals surface area contributed by atoms with Crippen molar-refractivity contribution in [2.45, 2.75) is 96.8 Å². The fraction of sp³-hybridized carbons (Fsp3) is 0.161. The zero-order valence-corrected chi connectivity index (χ0v) is 54.4. The van der Waals surface area contributed by atoms with Gasteiger partial charge in [-0.3, -0.25) is 0 Å². The second-order valence-electron chi connectivity index (χ2n) is 30.1. The summed E-state index contributed by atoms with van der Waals surface area (Å²) in [5.74, 6) is 0.330. The van der Waals surface area contributed by atoms with Crippen molar-refractivity contribution in [2.75, 3.05) is 0 Å². The molecule has 0 amide bonds. The first-order valence-corrected chi connectivity index (χ1v) is 33.7. The molecule has 0 fully saturated rings. The summed E-state index contributed by atoms with van der Waals surface area (Å²) in [7, 11) is 0. The first-order valence-electron chi connectivity index (χ1n) is 33.7. The van der Waals surface area contributed by atoms with Gasteiger partial charge in [-0.05, 0) is 253 Å². The van der Waals surface area contributed by atoms with Crippen molar-refractivity contribution < 1.29 is 0 Å². The average Bonchev–Trinajstić information content (AvgIpc) is 1.52. The van der Waals surface area contributed by atoms with Gasteiger partial charge in [-0.15, -0.1) is 0 Å². The second-order valence-corrected chi connectivity index (χ2v) is 30.1. The van der Waals surface area contributed by atoms with Gasteiger partial charge in [-0.1, -0.05) is 269 Å². The van der Waals surface area contributed by atoms with Crippen molar-refractivity contribution in [3.05, 3.63) is 287 Å². The molecule has 0 saturated heterocycles. The Labute approximate surface area is 545 Å². The fourth-order valence-corrected chi connectivity index (χ4v) is 19.2. The highest BCUT2D eigenvalue weighted by Crippen LogP contribution is 2.66. The Morgan fingerprint density at radius 2 is 0.581 bits per heavy atom. The van der Waals surface area contributed by atoms with Crippen LogP contribution in [0.25, 0.3) is 166 Å². The molecule has 0 spiro atoms. The van der Waals surface area contributed by atoms with Crippen LogP contribution in [0.1, 0.15) is 125 Å². The summed E-state index contributed by atoms with van der Waals surface area (Å²) >= 11 is 0. The molecule has 6 aliphatic carbocycles. The molecule has 0 heterocycles. The van der Waals surface area contributed by atoms with Gasteiger partial charge in [0.05, 0.1) is 0 Å². The Morgan fingerprint density at radius 3 is 0.978 bits per heavy atom. The van der Waals surface area contributed by atoms with Gasteiger partial charge in [0, 0.05) is 27.2 Å². The van der Waals surface area contributed by atoms with Crippen LogP contribution < -0.4 is 0 Å². The molecule has 440 valence electrons. The topological polar surface area (TPSA) is 0 Å². The summed E-state index contributed by atoms with van der Waals surface area (Å²) in [5.41, 5.74) is 42.9. The molecule has 0 saturated carbocycles. The van der Waals surface area contributed by atoms with Gasteiger partial charge in [0.1, 0.15) is 0 Å². The minimum atomic E-state index is -0.260. The molecular formula is C93H68. The van der Waals surface area contributed by atoms with Gasteiger partial charge in [0.2, 0.25) is 0 Å². The van der Waals surface area contributed by atoms with Gasteiger partial charge in [0.15, 0.2) is 0 Å². The van der Waals surface area contributed by atoms with E-state index >= 15 is 0 Å².